The quantitative estimate of drug-likeness (QED) is 0.639. The molecular formula is C24H34N4O5S. The lowest BCUT2D eigenvalue weighted by atomic mass is 10.0. The number of piperidine rings is 1. The van der Waals surface area contributed by atoms with Crippen molar-refractivity contribution in [2.24, 2.45) is 7.05 Å². The molecule has 0 unspecified atom stereocenters. The smallest absolute Gasteiger partial charge is 0.331 e. The molecule has 186 valence electrons. The molecule has 2 aromatic rings. The third-order valence-electron chi connectivity index (χ3n) is 7.23. The number of carbonyl (C=O) groups excluding carboxylic acids is 1. The predicted molar refractivity (Wildman–Crippen MR) is 130 cm³/mol. The molecule has 2 aliphatic rings. The van der Waals surface area contributed by atoms with E-state index in [1.807, 2.05) is 6.92 Å². The van der Waals surface area contributed by atoms with Gasteiger partial charge in [-0.15, -0.1) is 0 Å². The minimum Gasteiger partial charge on any atom is -0.341 e. The van der Waals surface area contributed by atoms with Crippen LogP contribution in [0.5, 0.6) is 0 Å². The Bertz CT molecular complexity index is 1290. The number of sulfonamides is 1. The van der Waals surface area contributed by atoms with Crippen LogP contribution < -0.4 is 11.2 Å². The van der Waals surface area contributed by atoms with Gasteiger partial charge in [-0.3, -0.25) is 18.7 Å². The molecule has 2 saturated heterocycles. The number of aryl methyl sites for hydroxylation is 1. The summed E-state index contributed by atoms with van der Waals surface area (Å²) in [6.07, 6.45) is 7.31. The number of hydrogen-bond donors (Lipinski definition) is 0. The first-order valence-electron chi connectivity index (χ1n) is 12.3. The van der Waals surface area contributed by atoms with E-state index in [1.54, 1.807) is 9.21 Å². The van der Waals surface area contributed by atoms with Crippen LogP contribution in [0.15, 0.2) is 32.7 Å². The molecule has 9 nitrogen and oxygen atoms in total. The molecule has 1 aromatic heterocycles. The molecule has 4 rings (SSSR count). The number of aromatic nitrogens is 2. The second-order valence-corrected chi connectivity index (χ2v) is 11.3. The number of carbonyl (C=O) groups is 1. The summed E-state index contributed by atoms with van der Waals surface area (Å²) in [4.78, 5) is 40.9. The van der Waals surface area contributed by atoms with Gasteiger partial charge in [0.05, 0.1) is 15.8 Å². The standard InChI is InChI=1S/C24H34N4O5S/c1-3-18-10-6-9-15-28(18)34(32,33)19-11-12-21-20(16-19)23(30)27(24(31)25(21)2)17-22(29)26-13-7-4-5-8-14-26/h11-12,16,18H,3-10,13-15,17H2,1-2H3/t18-/m1/s1. The molecule has 0 radical (unpaired) electrons. The van der Waals surface area contributed by atoms with Crippen molar-refractivity contribution in [2.75, 3.05) is 19.6 Å². The van der Waals surface area contributed by atoms with Crippen molar-refractivity contribution in [1.82, 2.24) is 18.3 Å². The van der Waals surface area contributed by atoms with Crippen LogP contribution in [0.1, 0.15) is 58.3 Å². The number of benzene rings is 1. The van der Waals surface area contributed by atoms with Gasteiger partial charge in [-0.2, -0.15) is 4.31 Å². The molecule has 1 aromatic carbocycles. The molecule has 2 aliphatic heterocycles. The van der Waals surface area contributed by atoms with Crippen LogP contribution in [0, 0.1) is 0 Å². The van der Waals surface area contributed by atoms with Gasteiger partial charge in [0.2, 0.25) is 15.9 Å². The molecule has 0 bridgehead atoms. The monoisotopic (exact) mass is 490 g/mol. The molecule has 10 heteroatoms. The summed E-state index contributed by atoms with van der Waals surface area (Å²) in [6.45, 7) is 3.34. The van der Waals surface area contributed by atoms with Crippen LogP contribution in [-0.4, -0.2) is 58.3 Å². The number of hydrogen-bond acceptors (Lipinski definition) is 5. The van der Waals surface area contributed by atoms with Gasteiger partial charge in [0.15, 0.2) is 0 Å². The number of rotatable bonds is 5. The largest absolute Gasteiger partial charge is 0.341 e. The lowest BCUT2D eigenvalue weighted by Crippen LogP contribution is -2.45. The van der Waals surface area contributed by atoms with E-state index in [1.165, 1.54) is 29.8 Å². The Morgan fingerprint density at radius 3 is 2.35 bits per heavy atom. The fourth-order valence-electron chi connectivity index (χ4n) is 5.18. The maximum absolute atomic E-state index is 13.5. The molecule has 3 heterocycles. The van der Waals surface area contributed by atoms with Crippen LogP contribution >= 0.6 is 0 Å². The molecule has 34 heavy (non-hydrogen) atoms. The van der Waals surface area contributed by atoms with Crippen molar-refractivity contribution in [3.63, 3.8) is 0 Å². The summed E-state index contributed by atoms with van der Waals surface area (Å²) in [7, 11) is -2.26. The molecule has 1 atom stereocenters. The summed E-state index contributed by atoms with van der Waals surface area (Å²) in [6, 6.07) is 4.28. The molecule has 1 amide bonds. The molecule has 0 saturated carbocycles. The van der Waals surface area contributed by atoms with Crippen LogP contribution in [0.2, 0.25) is 0 Å². The van der Waals surface area contributed by atoms with Gasteiger partial charge in [0, 0.05) is 32.7 Å². The van der Waals surface area contributed by atoms with Crippen molar-refractivity contribution < 1.29 is 13.2 Å². The average Bonchev–Trinajstić information content (AvgIpc) is 3.14. The number of fused-ring (bicyclic) bond motifs is 1. The molecular weight excluding hydrogens is 456 g/mol. The van der Waals surface area contributed by atoms with E-state index in [2.05, 4.69) is 0 Å². The first-order valence-corrected chi connectivity index (χ1v) is 13.7. The average molecular weight is 491 g/mol. The van der Waals surface area contributed by atoms with Gasteiger partial charge < -0.3 is 4.90 Å². The summed E-state index contributed by atoms with van der Waals surface area (Å²) in [5.41, 5.74) is -0.875. The fourth-order valence-corrected chi connectivity index (χ4v) is 6.98. The lowest BCUT2D eigenvalue weighted by molar-refractivity contribution is -0.131. The van der Waals surface area contributed by atoms with Crippen molar-refractivity contribution in [2.45, 2.75) is 75.8 Å². The van der Waals surface area contributed by atoms with Gasteiger partial charge in [0.25, 0.3) is 5.56 Å². The highest BCUT2D eigenvalue weighted by atomic mass is 32.2. The minimum atomic E-state index is -3.79. The van der Waals surface area contributed by atoms with Crippen molar-refractivity contribution >= 4 is 26.8 Å². The fraction of sp³-hybridized carbons (Fsp3) is 0.625. The lowest BCUT2D eigenvalue weighted by Gasteiger charge is -2.34. The van der Waals surface area contributed by atoms with Gasteiger partial charge in [0.1, 0.15) is 6.54 Å². The van der Waals surface area contributed by atoms with Crippen LogP contribution in [0.3, 0.4) is 0 Å². The van der Waals surface area contributed by atoms with Crippen LogP contribution in [-0.2, 0) is 28.4 Å². The highest BCUT2D eigenvalue weighted by molar-refractivity contribution is 7.89. The summed E-state index contributed by atoms with van der Waals surface area (Å²) >= 11 is 0. The van der Waals surface area contributed by atoms with E-state index in [0.29, 0.717) is 25.2 Å². The Morgan fingerprint density at radius 1 is 1.00 bits per heavy atom. The Morgan fingerprint density at radius 2 is 1.68 bits per heavy atom. The normalized spacial score (nSPS) is 20.4. The molecule has 2 fully saturated rings. The van der Waals surface area contributed by atoms with Crippen molar-refractivity contribution in [1.29, 1.82) is 0 Å². The molecule has 0 spiro atoms. The van der Waals surface area contributed by atoms with E-state index < -0.39 is 21.3 Å². The highest BCUT2D eigenvalue weighted by Crippen LogP contribution is 2.28. The maximum atomic E-state index is 13.5. The zero-order chi connectivity index (χ0) is 24.5. The van der Waals surface area contributed by atoms with Crippen LogP contribution in [0.4, 0.5) is 0 Å². The third kappa shape index (κ3) is 4.57. The zero-order valence-corrected chi connectivity index (χ0v) is 20.8. The van der Waals surface area contributed by atoms with Crippen molar-refractivity contribution in [3.8, 4) is 0 Å². The Labute approximate surface area is 200 Å². The molecule has 0 aliphatic carbocycles. The second kappa shape index (κ2) is 10.0. The summed E-state index contributed by atoms with van der Waals surface area (Å²) < 4.78 is 30.7. The summed E-state index contributed by atoms with van der Waals surface area (Å²) in [5.74, 6) is -0.261. The number of amides is 1. The van der Waals surface area contributed by atoms with Gasteiger partial charge in [-0.1, -0.05) is 26.2 Å². The SMILES string of the molecule is CC[C@@H]1CCCCN1S(=O)(=O)c1ccc2c(c1)c(=O)n(CC(=O)N1CCCCCC1)c(=O)n2C. The predicted octanol–water partition coefficient (Wildman–Crippen LogP) is 2.06. The number of nitrogens with zero attached hydrogens (tertiary/aromatic N) is 4. The minimum absolute atomic E-state index is 0.0430. The number of likely N-dealkylation sites (tertiary alicyclic amines) is 1. The van der Waals surface area contributed by atoms with Gasteiger partial charge in [-0.25, -0.2) is 13.2 Å². The van der Waals surface area contributed by atoms with E-state index in [4.69, 9.17) is 0 Å². The maximum Gasteiger partial charge on any atom is 0.331 e. The first-order chi connectivity index (χ1) is 16.3. The Kier molecular flexibility index (Phi) is 7.28. The van der Waals surface area contributed by atoms with E-state index in [9.17, 15) is 22.8 Å². The van der Waals surface area contributed by atoms with Gasteiger partial charge in [-0.05, 0) is 50.3 Å². The van der Waals surface area contributed by atoms with Crippen LogP contribution in [0.25, 0.3) is 10.9 Å². The van der Waals surface area contributed by atoms with Gasteiger partial charge >= 0.3 is 5.69 Å². The third-order valence-corrected chi connectivity index (χ3v) is 9.17. The Balaban J connectivity index is 1.74. The van der Waals surface area contributed by atoms with E-state index >= 15 is 0 Å². The topological polar surface area (TPSA) is 102 Å². The van der Waals surface area contributed by atoms with E-state index in [0.717, 1.165) is 55.9 Å². The molecule has 0 N–H and O–H groups in total. The summed E-state index contributed by atoms with van der Waals surface area (Å²) in [5, 5.41) is 0.122. The Hall–Kier alpha value is -2.46. The zero-order valence-electron chi connectivity index (χ0n) is 20.0. The van der Waals surface area contributed by atoms with Crippen molar-refractivity contribution in [3.05, 3.63) is 39.0 Å². The second-order valence-electron chi connectivity index (χ2n) is 9.38. The van der Waals surface area contributed by atoms with E-state index in [-0.39, 0.29) is 28.8 Å². The first kappa shape index (κ1) is 24.7. The highest BCUT2D eigenvalue weighted by Gasteiger charge is 2.33.